The number of carbonyl (C=O) groups excluding carboxylic acids is 1. The van der Waals surface area contributed by atoms with Crippen LogP contribution in [0.3, 0.4) is 0 Å². The normalized spacial score (nSPS) is 23.4. The number of likely N-dealkylation sites (N-methyl/N-ethyl adjacent to an activating group) is 1. The van der Waals surface area contributed by atoms with E-state index in [1.54, 1.807) is 11.8 Å². The molecule has 4 aromatic rings. The maximum Gasteiger partial charge on any atom is 0.417 e. The summed E-state index contributed by atoms with van der Waals surface area (Å²) in [5, 5.41) is 9.20. The molecular formula is C35H35F6N7O3S. The van der Waals surface area contributed by atoms with Crippen molar-refractivity contribution in [3.8, 4) is 23.2 Å². The molecule has 52 heavy (non-hydrogen) atoms. The van der Waals surface area contributed by atoms with Crippen LogP contribution in [0.1, 0.15) is 50.7 Å². The molecule has 7 rings (SSSR count). The first-order chi connectivity index (χ1) is 24.7. The molecule has 0 spiro atoms. The van der Waals surface area contributed by atoms with E-state index < -0.39 is 58.3 Å². The molecule has 2 aromatic carbocycles. The number of methoxy groups -OCH3 is 1. The van der Waals surface area contributed by atoms with Gasteiger partial charge in [-0.1, -0.05) is 6.07 Å². The zero-order chi connectivity index (χ0) is 37.3. The maximum atomic E-state index is 17.2. The minimum Gasteiger partial charge on any atom is -0.461 e. The second-order valence-corrected chi connectivity index (χ2v) is 14.7. The first-order valence-corrected chi connectivity index (χ1v) is 17.7. The van der Waals surface area contributed by atoms with Gasteiger partial charge in [-0.2, -0.15) is 28.4 Å². The number of hydrogen-bond donors (Lipinski definition) is 1. The van der Waals surface area contributed by atoms with Crippen LogP contribution in [0, 0.1) is 23.0 Å². The monoisotopic (exact) mass is 747 g/mol. The molecule has 0 bridgehead atoms. The third kappa shape index (κ3) is 5.80. The lowest BCUT2D eigenvalue weighted by atomic mass is 9.92. The number of hydrogen-bond acceptors (Lipinski definition) is 10. The first kappa shape index (κ1) is 35.8. The van der Waals surface area contributed by atoms with Crippen LogP contribution >= 0.6 is 11.3 Å². The van der Waals surface area contributed by atoms with Crippen LogP contribution in [-0.4, -0.2) is 89.6 Å². The number of nitriles is 1. The molecule has 17 heteroatoms. The Morgan fingerprint density at radius 1 is 1.25 bits per heavy atom. The third-order valence-electron chi connectivity index (χ3n) is 10.6. The molecule has 1 amide bonds. The molecule has 3 fully saturated rings. The summed E-state index contributed by atoms with van der Waals surface area (Å²) in [7, 11) is 1.25. The molecule has 2 N–H and O–H groups in total. The van der Waals surface area contributed by atoms with Gasteiger partial charge in [0.2, 0.25) is 0 Å². The van der Waals surface area contributed by atoms with Gasteiger partial charge in [0.1, 0.15) is 41.0 Å². The fourth-order valence-corrected chi connectivity index (χ4v) is 9.25. The van der Waals surface area contributed by atoms with Gasteiger partial charge < -0.3 is 25.0 Å². The summed E-state index contributed by atoms with van der Waals surface area (Å²) in [5.74, 6) is -2.28. The number of nitrogen functional groups attached to an aromatic ring is 1. The Balaban J connectivity index is 1.46. The number of likely N-dealkylation sites (tertiary alicyclic amines) is 1. The van der Waals surface area contributed by atoms with Crippen molar-refractivity contribution < 1.29 is 40.6 Å². The summed E-state index contributed by atoms with van der Waals surface area (Å²) >= 11 is 0.674. The van der Waals surface area contributed by atoms with Gasteiger partial charge in [0.25, 0.3) is 0 Å². The SMILES string of the molecule is CCN(c1nc(OC[C@@]23CCCN2C[C@H](F)C3)nc2c(F)c(-c3ccc(F)c4sc(N)c(C#N)c34)c(C(F)(F)F)cc12)[C@@H]1C[C@H](C)N(C(=O)OC)C1. The highest BCUT2D eigenvalue weighted by Gasteiger charge is 2.49. The Hall–Kier alpha value is -4.56. The molecule has 3 aliphatic rings. The van der Waals surface area contributed by atoms with E-state index in [2.05, 4.69) is 9.97 Å². The number of nitrogens with two attached hydrogens (primary N) is 1. The number of amides is 1. The molecule has 5 heterocycles. The number of benzene rings is 2. The molecule has 0 radical (unpaired) electrons. The number of carbonyl (C=O) groups is 1. The molecule has 0 aliphatic carbocycles. The van der Waals surface area contributed by atoms with Crippen molar-refractivity contribution in [3.05, 3.63) is 41.0 Å². The molecule has 3 aliphatic heterocycles. The number of thiophene rings is 1. The molecule has 276 valence electrons. The highest BCUT2D eigenvalue weighted by atomic mass is 32.1. The molecule has 0 saturated carbocycles. The second kappa shape index (κ2) is 13.1. The number of ether oxygens (including phenoxy) is 2. The topological polar surface area (TPSA) is 121 Å². The molecule has 10 nitrogen and oxygen atoms in total. The van der Waals surface area contributed by atoms with Crippen molar-refractivity contribution >= 4 is 49.2 Å². The van der Waals surface area contributed by atoms with Gasteiger partial charge in [-0.15, -0.1) is 11.3 Å². The van der Waals surface area contributed by atoms with Gasteiger partial charge in [-0.3, -0.25) is 4.90 Å². The zero-order valence-corrected chi connectivity index (χ0v) is 29.3. The smallest absolute Gasteiger partial charge is 0.417 e. The third-order valence-corrected chi connectivity index (χ3v) is 11.7. The summed E-state index contributed by atoms with van der Waals surface area (Å²) in [6.07, 6.45) is -4.68. The summed E-state index contributed by atoms with van der Waals surface area (Å²) in [6, 6.07) is 3.39. The molecule has 0 unspecified atom stereocenters. The van der Waals surface area contributed by atoms with Gasteiger partial charge in [0, 0.05) is 48.4 Å². The van der Waals surface area contributed by atoms with E-state index in [1.165, 1.54) is 12.0 Å². The summed E-state index contributed by atoms with van der Waals surface area (Å²) in [5.41, 5.74) is 1.82. The van der Waals surface area contributed by atoms with E-state index >= 15 is 17.6 Å². The number of anilines is 2. The van der Waals surface area contributed by atoms with Crippen molar-refractivity contribution in [3.63, 3.8) is 0 Å². The number of aromatic nitrogens is 2. The van der Waals surface area contributed by atoms with E-state index in [1.807, 2.05) is 17.9 Å². The summed E-state index contributed by atoms with van der Waals surface area (Å²) in [6.45, 7) is 4.80. The van der Waals surface area contributed by atoms with Crippen LogP contribution in [0.5, 0.6) is 6.01 Å². The summed E-state index contributed by atoms with van der Waals surface area (Å²) in [4.78, 5) is 26.6. The lowest BCUT2D eigenvalue weighted by Gasteiger charge is -2.32. The van der Waals surface area contributed by atoms with Gasteiger partial charge in [-0.05, 0) is 57.4 Å². The highest BCUT2D eigenvalue weighted by Crippen LogP contribution is 2.48. The van der Waals surface area contributed by atoms with E-state index in [4.69, 9.17) is 15.2 Å². The van der Waals surface area contributed by atoms with Crippen LogP contribution in [-0.2, 0) is 10.9 Å². The van der Waals surface area contributed by atoms with Crippen molar-refractivity contribution in [2.75, 3.05) is 50.5 Å². The average molecular weight is 748 g/mol. The van der Waals surface area contributed by atoms with E-state index in [0.29, 0.717) is 30.7 Å². The number of rotatable bonds is 7. The number of halogens is 6. The Morgan fingerprint density at radius 3 is 2.71 bits per heavy atom. The van der Waals surface area contributed by atoms with Gasteiger partial charge in [-0.25, -0.2) is 18.0 Å². The predicted octanol–water partition coefficient (Wildman–Crippen LogP) is 7.27. The van der Waals surface area contributed by atoms with E-state index in [-0.39, 0.29) is 82.1 Å². The Morgan fingerprint density at radius 2 is 2.02 bits per heavy atom. The predicted molar refractivity (Wildman–Crippen MR) is 183 cm³/mol. The molecule has 3 saturated heterocycles. The van der Waals surface area contributed by atoms with E-state index in [0.717, 1.165) is 24.6 Å². The zero-order valence-electron chi connectivity index (χ0n) is 28.5. The van der Waals surface area contributed by atoms with Gasteiger partial charge in [0.05, 0.1) is 34.5 Å². The lowest BCUT2D eigenvalue weighted by molar-refractivity contribution is -0.137. The fraction of sp³-hybridized carbons (Fsp3) is 0.486. The number of nitrogens with zero attached hydrogens (tertiary/aromatic N) is 6. The lowest BCUT2D eigenvalue weighted by Crippen LogP contribution is -2.43. The van der Waals surface area contributed by atoms with Crippen LogP contribution < -0.4 is 15.4 Å². The quantitative estimate of drug-likeness (QED) is 0.195. The number of fused-ring (bicyclic) bond motifs is 3. The van der Waals surface area contributed by atoms with Crippen molar-refractivity contribution in [1.29, 1.82) is 5.26 Å². The first-order valence-electron chi connectivity index (χ1n) is 16.9. The Kier molecular flexibility index (Phi) is 9.05. The maximum absolute atomic E-state index is 17.2. The van der Waals surface area contributed by atoms with Crippen LogP contribution in [0.4, 0.5) is 42.0 Å². The second-order valence-electron chi connectivity index (χ2n) is 13.6. The van der Waals surface area contributed by atoms with Crippen molar-refractivity contribution in [2.45, 2.75) is 69.5 Å². The van der Waals surface area contributed by atoms with Crippen molar-refractivity contribution in [1.82, 2.24) is 19.8 Å². The largest absolute Gasteiger partial charge is 0.461 e. The van der Waals surface area contributed by atoms with E-state index in [9.17, 15) is 18.8 Å². The highest BCUT2D eigenvalue weighted by molar-refractivity contribution is 7.23. The standard InChI is InChI=1S/C35H35F6N7O3S/c1-4-47(19-10-17(2)48(15-19)33(49)50-3)31-21-11-23(35(39,40)41)26(20-6-7-24(37)29-25(20)22(13-42)30(43)52-29)27(38)28(21)44-32(45-31)51-16-34-8-5-9-46(34)14-18(36)12-34/h6-7,11,17-19H,4-5,8-10,12,14-16,43H2,1-3H3/t17-,18+,19+,34-/m0/s1. The minimum absolute atomic E-state index is 0.0333. The molecular weight excluding hydrogens is 712 g/mol. The molecule has 2 aromatic heterocycles. The summed E-state index contributed by atoms with van der Waals surface area (Å²) < 4.78 is 103. The molecule has 4 atom stereocenters. The minimum atomic E-state index is -5.14. The Bertz CT molecular complexity index is 2120. The van der Waals surface area contributed by atoms with Crippen LogP contribution in [0.25, 0.3) is 32.1 Å². The fourth-order valence-electron chi connectivity index (χ4n) is 8.30. The number of alkyl halides is 4. The average Bonchev–Trinajstić information content (AvgIpc) is 3.84. The van der Waals surface area contributed by atoms with Gasteiger partial charge in [0.15, 0.2) is 5.82 Å². The van der Waals surface area contributed by atoms with Crippen molar-refractivity contribution in [2.24, 2.45) is 0 Å². The Labute approximate surface area is 298 Å². The van der Waals surface area contributed by atoms with Crippen LogP contribution in [0.2, 0.25) is 0 Å². The van der Waals surface area contributed by atoms with Gasteiger partial charge >= 0.3 is 18.3 Å². The van der Waals surface area contributed by atoms with Crippen LogP contribution in [0.15, 0.2) is 18.2 Å².